The van der Waals surface area contributed by atoms with Gasteiger partial charge in [-0.05, 0) is 5.92 Å². The highest BCUT2D eigenvalue weighted by Gasteiger charge is 2.21. The first-order chi connectivity index (χ1) is 7.88. The van der Waals surface area contributed by atoms with Crippen LogP contribution in [-0.2, 0) is 9.59 Å². The monoisotopic (exact) mass is 245 g/mol. The molecule has 0 aliphatic rings. The van der Waals surface area contributed by atoms with E-state index in [1.807, 2.05) is 0 Å². The minimum Gasteiger partial charge on any atom is -0.481 e. The highest BCUT2D eigenvalue weighted by atomic mass is 16.4. The molecule has 0 spiro atoms. The molecule has 0 saturated carbocycles. The molecule has 0 aliphatic heterocycles. The van der Waals surface area contributed by atoms with Gasteiger partial charge in [0.1, 0.15) is 0 Å². The Balaban J connectivity index is 3.97. The maximum Gasteiger partial charge on any atom is 0.315 e. The summed E-state index contributed by atoms with van der Waals surface area (Å²) < 4.78 is 0. The van der Waals surface area contributed by atoms with E-state index in [2.05, 4.69) is 16.0 Å². The largest absolute Gasteiger partial charge is 0.481 e. The van der Waals surface area contributed by atoms with E-state index < -0.39 is 17.9 Å². The van der Waals surface area contributed by atoms with E-state index in [4.69, 9.17) is 5.11 Å². The third-order valence-corrected chi connectivity index (χ3v) is 2.29. The van der Waals surface area contributed by atoms with Crippen LogP contribution in [0.2, 0.25) is 0 Å². The van der Waals surface area contributed by atoms with Gasteiger partial charge in [0.15, 0.2) is 0 Å². The lowest BCUT2D eigenvalue weighted by atomic mass is 9.96. The van der Waals surface area contributed by atoms with Crippen molar-refractivity contribution in [2.75, 3.05) is 20.1 Å². The second kappa shape index (κ2) is 7.48. The van der Waals surface area contributed by atoms with Gasteiger partial charge < -0.3 is 21.1 Å². The normalized spacial score (nSPS) is 11.8. The van der Waals surface area contributed by atoms with Crippen LogP contribution in [0.4, 0.5) is 4.79 Å². The lowest BCUT2D eigenvalue weighted by molar-refractivity contribution is -0.143. The van der Waals surface area contributed by atoms with Gasteiger partial charge in [-0.3, -0.25) is 9.59 Å². The summed E-state index contributed by atoms with van der Waals surface area (Å²) >= 11 is 0. The number of carbonyl (C=O) groups excluding carboxylic acids is 2. The maximum atomic E-state index is 11.2. The Morgan fingerprint density at radius 2 is 1.76 bits per heavy atom. The average Bonchev–Trinajstić information content (AvgIpc) is 2.25. The van der Waals surface area contributed by atoms with Crippen LogP contribution < -0.4 is 16.0 Å². The van der Waals surface area contributed by atoms with Crippen molar-refractivity contribution in [3.8, 4) is 0 Å². The summed E-state index contributed by atoms with van der Waals surface area (Å²) in [6.07, 6.45) is 0. The molecule has 0 radical (unpaired) electrons. The number of likely N-dealkylation sites (N-methyl/N-ethyl adjacent to an activating group) is 1. The number of rotatable bonds is 6. The predicted molar refractivity (Wildman–Crippen MR) is 61.4 cm³/mol. The topological polar surface area (TPSA) is 108 Å². The second-order valence-electron chi connectivity index (χ2n) is 3.93. The Kier molecular flexibility index (Phi) is 6.69. The number of carboxylic acids is 1. The number of amides is 3. The lowest BCUT2D eigenvalue weighted by Gasteiger charge is -2.16. The zero-order valence-electron chi connectivity index (χ0n) is 10.2. The Morgan fingerprint density at radius 1 is 1.18 bits per heavy atom. The third-order valence-electron chi connectivity index (χ3n) is 2.29. The van der Waals surface area contributed by atoms with Gasteiger partial charge in [0.2, 0.25) is 5.91 Å². The van der Waals surface area contributed by atoms with Crippen LogP contribution in [-0.4, -0.2) is 43.2 Å². The molecule has 4 N–H and O–H groups in total. The first-order valence-electron chi connectivity index (χ1n) is 5.33. The van der Waals surface area contributed by atoms with Crippen LogP contribution in [0.25, 0.3) is 0 Å². The summed E-state index contributed by atoms with van der Waals surface area (Å²) in [4.78, 5) is 32.9. The molecular weight excluding hydrogens is 226 g/mol. The molecule has 98 valence electrons. The first kappa shape index (κ1) is 15.2. The molecular formula is C10H19N3O4. The summed E-state index contributed by atoms with van der Waals surface area (Å²) in [7, 11) is 1.46. The smallest absolute Gasteiger partial charge is 0.315 e. The molecule has 0 aliphatic carbocycles. The molecule has 7 nitrogen and oxygen atoms in total. The van der Waals surface area contributed by atoms with E-state index in [9.17, 15) is 14.4 Å². The van der Waals surface area contributed by atoms with Crippen molar-refractivity contribution in [2.45, 2.75) is 13.8 Å². The van der Waals surface area contributed by atoms with Crippen LogP contribution in [0.3, 0.4) is 0 Å². The fourth-order valence-electron chi connectivity index (χ4n) is 1.12. The molecule has 0 aromatic carbocycles. The van der Waals surface area contributed by atoms with E-state index in [0.29, 0.717) is 0 Å². The Bertz CT molecular complexity index is 291. The van der Waals surface area contributed by atoms with Crippen molar-refractivity contribution in [1.29, 1.82) is 0 Å². The van der Waals surface area contributed by atoms with Crippen molar-refractivity contribution in [3.63, 3.8) is 0 Å². The molecule has 1 unspecified atom stereocenters. The van der Waals surface area contributed by atoms with Gasteiger partial charge in [0.25, 0.3) is 0 Å². The Morgan fingerprint density at radius 3 is 2.18 bits per heavy atom. The van der Waals surface area contributed by atoms with Crippen LogP contribution in [0.5, 0.6) is 0 Å². The Hall–Kier alpha value is -1.79. The molecule has 1 atom stereocenters. The number of nitrogens with one attached hydrogen (secondary N) is 3. The molecule has 0 aromatic heterocycles. The molecule has 0 fully saturated rings. The van der Waals surface area contributed by atoms with Crippen molar-refractivity contribution in [2.24, 2.45) is 11.8 Å². The molecule has 0 aromatic rings. The highest BCUT2D eigenvalue weighted by molar-refractivity contribution is 5.83. The number of urea groups is 1. The van der Waals surface area contributed by atoms with Gasteiger partial charge >= 0.3 is 12.0 Å². The SMILES string of the molecule is CNC(=O)CNC(=O)NCC(C(=O)O)C(C)C. The number of hydrogen-bond donors (Lipinski definition) is 4. The summed E-state index contributed by atoms with van der Waals surface area (Å²) in [6.45, 7) is 3.43. The number of carboxylic acid groups (broad SMARTS) is 1. The van der Waals surface area contributed by atoms with Gasteiger partial charge in [-0.1, -0.05) is 13.8 Å². The number of hydrogen-bond acceptors (Lipinski definition) is 3. The Labute approximate surface area is 100.0 Å². The lowest BCUT2D eigenvalue weighted by Crippen LogP contribution is -2.44. The number of carbonyl (C=O) groups is 3. The zero-order valence-corrected chi connectivity index (χ0v) is 10.2. The molecule has 0 rings (SSSR count). The fourth-order valence-corrected chi connectivity index (χ4v) is 1.12. The quantitative estimate of drug-likeness (QED) is 0.500. The molecule has 17 heavy (non-hydrogen) atoms. The van der Waals surface area contributed by atoms with Crippen molar-refractivity contribution in [1.82, 2.24) is 16.0 Å². The van der Waals surface area contributed by atoms with Crippen molar-refractivity contribution in [3.05, 3.63) is 0 Å². The fraction of sp³-hybridized carbons (Fsp3) is 0.700. The van der Waals surface area contributed by atoms with E-state index in [0.717, 1.165) is 0 Å². The first-order valence-corrected chi connectivity index (χ1v) is 5.33. The average molecular weight is 245 g/mol. The summed E-state index contributed by atoms with van der Waals surface area (Å²) in [6, 6.07) is -0.555. The zero-order chi connectivity index (χ0) is 13.4. The standard InChI is InChI=1S/C10H19N3O4/c1-6(2)7(9(15)16)4-12-10(17)13-5-8(14)11-3/h6-7H,4-5H2,1-3H3,(H,11,14)(H,15,16)(H2,12,13,17). The molecule has 0 saturated heterocycles. The summed E-state index contributed by atoms with van der Waals surface area (Å²) in [5.74, 6) is -1.99. The van der Waals surface area contributed by atoms with Gasteiger partial charge in [-0.25, -0.2) is 4.79 Å². The third kappa shape index (κ3) is 6.39. The van der Waals surface area contributed by atoms with E-state index in [1.165, 1.54) is 7.05 Å². The summed E-state index contributed by atoms with van der Waals surface area (Å²) in [5.41, 5.74) is 0. The van der Waals surface area contributed by atoms with Gasteiger partial charge in [-0.15, -0.1) is 0 Å². The molecule has 0 heterocycles. The van der Waals surface area contributed by atoms with Gasteiger partial charge in [0, 0.05) is 13.6 Å². The van der Waals surface area contributed by atoms with Crippen LogP contribution in [0.15, 0.2) is 0 Å². The molecule has 7 heteroatoms. The van der Waals surface area contributed by atoms with E-state index in [1.54, 1.807) is 13.8 Å². The number of aliphatic carboxylic acids is 1. The van der Waals surface area contributed by atoms with Crippen molar-refractivity contribution < 1.29 is 19.5 Å². The maximum absolute atomic E-state index is 11.2. The van der Waals surface area contributed by atoms with E-state index in [-0.39, 0.29) is 24.9 Å². The van der Waals surface area contributed by atoms with Crippen LogP contribution >= 0.6 is 0 Å². The van der Waals surface area contributed by atoms with E-state index >= 15 is 0 Å². The van der Waals surface area contributed by atoms with Gasteiger partial charge in [0.05, 0.1) is 12.5 Å². The van der Waals surface area contributed by atoms with Crippen LogP contribution in [0.1, 0.15) is 13.8 Å². The second-order valence-corrected chi connectivity index (χ2v) is 3.93. The van der Waals surface area contributed by atoms with Crippen molar-refractivity contribution >= 4 is 17.9 Å². The predicted octanol–water partition coefficient (Wildman–Crippen LogP) is -0.612. The van der Waals surface area contributed by atoms with Gasteiger partial charge in [-0.2, -0.15) is 0 Å². The minimum atomic E-state index is -0.952. The summed E-state index contributed by atoms with van der Waals surface area (Å²) in [5, 5.41) is 15.9. The highest BCUT2D eigenvalue weighted by Crippen LogP contribution is 2.09. The van der Waals surface area contributed by atoms with Crippen LogP contribution in [0, 0.1) is 11.8 Å². The minimum absolute atomic E-state index is 0.0343. The molecule has 0 bridgehead atoms. The molecule has 3 amide bonds.